The molecule has 1 aromatic rings. The summed E-state index contributed by atoms with van der Waals surface area (Å²) in [5.74, 6) is 0.241. The third kappa shape index (κ3) is 2.01. The maximum absolute atomic E-state index is 8.70. The largest absolute Gasteiger partial charge is 0.411 e. The summed E-state index contributed by atoms with van der Waals surface area (Å²) in [6, 6.07) is 6.40. The van der Waals surface area contributed by atoms with E-state index in [-0.39, 0.29) is 11.3 Å². The van der Waals surface area contributed by atoms with Gasteiger partial charge in [0.15, 0.2) is 0 Å². The van der Waals surface area contributed by atoms with Gasteiger partial charge in [-0.3, -0.25) is 0 Å². The zero-order valence-electron chi connectivity index (χ0n) is 9.57. The Kier molecular flexibility index (Phi) is 3.06. The van der Waals surface area contributed by atoms with Crippen molar-refractivity contribution in [3.63, 3.8) is 0 Å². The molecule has 1 aliphatic rings. The predicted octanol–water partition coefficient (Wildman–Crippen LogP) is 4.06. The Labute approximate surface area is 104 Å². The fourth-order valence-corrected chi connectivity index (χ4v) is 2.88. The summed E-state index contributed by atoms with van der Waals surface area (Å²) in [4.78, 5) is 0. The smallest absolute Gasteiger partial charge is 0.0510 e. The van der Waals surface area contributed by atoms with E-state index < -0.39 is 0 Å². The highest BCUT2D eigenvalue weighted by atomic mass is 79.9. The van der Waals surface area contributed by atoms with Crippen molar-refractivity contribution in [3.05, 3.63) is 33.8 Å². The van der Waals surface area contributed by atoms with E-state index in [4.69, 9.17) is 5.21 Å². The Hall–Kier alpha value is -0.830. The second kappa shape index (κ2) is 4.21. The van der Waals surface area contributed by atoms with Gasteiger partial charge in [0.05, 0.1) is 6.21 Å². The highest BCUT2D eigenvalue weighted by Gasteiger charge is 2.31. The molecule has 1 N–H and O–H groups in total. The molecule has 0 fully saturated rings. The molecular weight excluding hydrogens is 266 g/mol. The SMILES string of the molecule is CC1(C)CCC(C=NO)c2cc(Br)ccc21. The Morgan fingerprint density at radius 1 is 1.50 bits per heavy atom. The number of oxime groups is 1. The van der Waals surface area contributed by atoms with Gasteiger partial charge in [0.25, 0.3) is 0 Å². The first-order valence-corrected chi connectivity index (χ1v) is 6.31. The Morgan fingerprint density at radius 2 is 2.25 bits per heavy atom. The van der Waals surface area contributed by atoms with Crippen LogP contribution in [0.5, 0.6) is 0 Å². The quantitative estimate of drug-likeness (QED) is 0.470. The minimum Gasteiger partial charge on any atom is -0.411 e. The number of rotatable bonds is 1. The first-order chi connectivity index (χ1) is 7.54. The van der Waals surface area contributed by atoms with Crippen LogP contribution in [0.25, 0.3) is 0 Å². The van der Waals surface area contributed by atoms with Crippen LogP contribution in [0.3, 0.4) is 0 Å². The summed E-state index contributed by atoms with van der Waals surface area (Å²) in [6.45, 7) is 4.54. The van der Waals surface area contributed by atoms with Crippen molar-refractivity contribution in [3.8, 4) is 0 Å². The van der Waals surface area contributed by atoms with E-state index in [1.807, 2.05) is 0 Å². The summed E-state index contributed by atoms with van der Waals surface area (Å²) in [6.07, 6.45) is 3.80. The fraction of sp³-hybridized carbons (Fsp3) is 0.462. The Morgan fingerprint density at radius 3 is 2.94 bits per heavy atom. The van der Waals surface area contributed by atoms with E-state index in [1.54, 1.807) is 6.21 Å². The lowest BCUT2D eigenvalue weighted by Crippen LogP contribution is -2.26. The molecule has 1 aliphatic carbocycles. The molecule has 2 nitrogen and oxygen atoms in total. The molecule has 2 rings (SSSR count). The number of nitrogens with zero attached hydrogens (tertiary/aromatic N) is 1. The van der Waals surface area contributed by atoms with Gasteiger partial charge in [0, 0.05) is 10.4 Å². The van der Waals surface area contributed by atoms with Crippen molar-refractivity contribution in [1.29, 1.82) is 0 Å². The van der Waals surface area contributed by atoms with Gasteiger partial charge in [-0.1, -0.05) is 35.8 Å². The number of fused-ring (bicyclic) bond motifs is 1. The standard InChI is InChI=1S/C13H16BrNO/c1-13(2)6-5-9(8-15-16)11-7-10(14)3-4-12(11)13/h3-4,7-9,16H,5-6H2,1-2H3. The second-order valence-corrected chi connectivity index (χ2v) is 5.94. The van der Waals surface area contributed by atoms with Gasteiger partial charge in [0.1, 0.15) is 0 Å². The fourth-order valence-electron chi connectivity index (χ4n) is 2.50. The van der Waals surface area contributed by atoms with Gasteiger partial charge in [-0.25, -0.2) is 0 Å². The van der Waals surface area contributed by atoms with E-state index in [9.17, 15) is 0 Å². The number of hydrogen-bond donors (Lipinski definition) is 1. The van der Waals surface area contributed by atoms with E-state index in [0.29, 0.717) is 0 Å². The van der Waals surface area contributed by atoms with Crippen LogP contribution < -0.4 is 0 Å². The molecular formula is C13H16BrNO. The molecule has 0 saturated carbocycles. The number of benzene rings is 1. The maximum Gasteiger partial charge on any atom is 0.0510 e. The summed E-state index contributed by atoms with van der Waals surface area (Å²) in [7, 11) is 0. The molecule has 3 heteroatoms. The monoisotopic (exact) mass is 281 g/mol. The van der Waals surface area contributed by atoms with Crippen LogP contribution in [0.2, 0.25) is 0 Å². The Balaban J connectivity index is 2.53. The topological polar surface area (TPSA) is 32.6 Å². The zero-order chi connectivity index (χ0) is 11.8. The molecule has 0 radical (unpaired) electrons. The molecule has 1 atom stereocenters. The normalized spacial score (nSPS) is 23.3. The molecule has 86 valence electrons. The summed E-state index contributed by atoms with van der Waals surface area (Å²) in [5, 5.41) is 11.9. The first kappa shape index (κ1) is 11.6. The van der Waals surface area contributed by atoms with Crippen LogP contribution in [0.4, 0.5) is 0 Å². The lowest BCUT2D eigenvalue weighted by Gasteiger charge is -2.35. The minimum absolute atomic E-state index is 0.218. The number of hydrogen-bond acceptors (Lipinski definition) is 2. The van der Waals surface area contributed by atoms with Crippen LogP contribution in [-0.4, -0.2) is 11.4 Å². The van der Waals surface area contributed by atoms with Crippen molar-refractivity contribution >= 4 is 22.1 Å². The average Bonchev–Trinajstić information content (AvgIpc) is 2.22. The molecule has 0 heterocycles. The third-order valence-electron chi connectivity index (χ3n) is 3.47. The van der Waals surface area contributed by atoms with Gasteiger partial charge < -0.3 is 5.21 Å². The van der Waals surface area contributed by atoms with Crippen molar-refractivity contribution in [2.24, 2.45) is 5.16 Å². The molecule has 1 unspecified atom stereocenters. The van der Waals surface area contributed by atoms with Crippen molar-refractivity contribution in [1.82, 2.24) is 0 Å². The van der Waals surface area contributed by atoms with Gasteiger partial charge in [-0.15, -0.1) is 5.16 Å². The molecule has 0 aliphatic heterocycles. The van der Waals surface area contributed by atoms with Crippen LogP contribution in [0.15, 0.2) is 27.8 Å². The third-order valence-corrected chi connectivity index (χ3v) is 3.96. The van der Waals surface area contributed by atoms with Crippen molar-refractivity contribution in [2.45, 2.75) is 38.0 Å². The van der Waals surface area contributed by atoms with Crippen LogP contribution in [-0.2, 0) is 5.41 Å². The molecule has 0 aromatic heterocycles. The van der Waals surface area contributed by atoms with Gasteiger partial charge in [-0.05, 0) is 41.5 Å². The minimum atomic E-state index is 0.218. The van der Waals surface area contributed by atoms with E-state index in [1.165, 1.54) is 11.1 Å². The lowest BCUT2D eigenvalue weighted by atomic mass is 9.69. The van der Waals surface area contributed by atoms with Gasteiger partial charge in [-0.2, -0.15) is 0 Å². The van der Waals surface area contributed by atoms with Crippen LogP contribution in [0, 0.1) is 0 Å². The van der Waals surface area contributed by atoms with E-state index in [0.717, 1.165) is 17.3 Å². The summed E-state index contributed by atoms with van der Waals surface area (Å²) >= 11 is 3.50. The predicted molar refractivity (Wildman–Crippen MR) is 69.4 cm³/mol. The highest BCUT2D eigenvalue weighted by Crippen LogP contribution is 2.42. The van der Waals surface area contributed by atoms with Crippen LogP contribution >= 0.6 is 15.9 Å². The zero-order valence-corrected chi connectivity index (χ0v) is 11.2. The molecule has 0 amide bonds. The molecule has 0 spiro atoms. The second-order valence-electron chi connectivity index (χ2n) is 5.03. The maximum atomic E-state index is 8.70. The Bertz CT molecular complexity index is 426. The summed E-state index contributed by atoms with van der Waals surface area (Å²) in [5.41, 5.74) is 2.87. The molecule has 16 heavy (non-hydrogen) atoms. The summed E-state index contributed by atoms with van der Waals surface area (Å²) < 4.78 is 1.08. The average molecular weight is 282 g/mol. The number of halogens is 1. The highest BCUT2D eigenvalue weighted by molar-refractivity contribution is 9.10. The van der Waals surface area contributed by atoms with E-state index in [2.05, 4.69) is 53.1 Å². The first-order valence-electron chi connectivity index (χ1n) is 5.52. The lowest BCUT2D eigenvalue weighted by molar-refractivity contribution is 0.317. The van der Waals surface area contributed by atoms with Crippen molar-refractivity contribution < 1.29 is 5.21 Å². The molecule has 0 saturated heterocycles. The molecule has 0 bridgehead atoms. The molecule has 1 aromatic carbocycles. The van der Waals surface area contributed by atoms with Gasteiger partial charge in [0.2, 0.25) is 0 Å². The van der Waals surface area contributed by atoms with E-state index >= 15 is 0 Å². The van der Waals surface area contributed by atoms with Crippen LogP contribution in [0.1, 0.15) is 43.7 Å². The van der Waals surface area contributed by atoms with Gasteiger partial charge >= 0.3 is 0 Å². The van der Waals surface area contributed by atoms with Crippen molar-refractivity contribution in [2.75, 3.05) is 0 Å².